The standard InChI is InChI=1S/C21H25ClN2O2/c1-14-16(20(23)25)12-15(26-11-10-24(2)3)13-18(14)21(8-9-21)17-6-4-5-7-19(17)22/h4-7,12-13H,8-11H2,1-3H3,(H2,23,25). The molecule has 0 atom stereocenters. The van der Waals surface area contributed by atoms with E-state index in [1.54, 1.807) is 6.07 Å². The van der Waals surface area contributed by atoms with E-state index in [2.05, 4.69) is 11.0 Å². The fourth-order valence-corrected chi connectivity index (χ4v) is 3.84. The minimum atomic E-state index is -0.434. The van der Waals surface area contributed by atoms with Gasteiger partial charge in [0.05, 0.1) is 0 Å². The number of benzene rings is 2. The van der Waals surface area contributed by atoms with E-state index in [0.29, 0.717) is 17.9 Å². The van der Waals surface area contributed by atoms with Crippen molar-refractivity contribution in [1.29, 1.82) is 0 Å². The first-order chi connectivity index (χ1) is 12.3. The Kier molecular flexibility index (Phi) is 5.26. The molecule has 1 amide bonds. The average molecular weight is 373 g/mol. The molecule has 26 heavy (non-hydrogen) atoms. The smallest absolute Gasteiger partial charge is 0.249 e. The Morgan fingerprint density at radius 1 is 1.23 bits per heavy atom. The van der Waals surface area contributed by atoms with E-state index in [9.17, 15) is 4.79 Å². The summed E-state index contributed by atoms with van der Waals surface area (Å²) >= 11 is 6.48. The number of halogens is 1. The molecule has 0 radical (unpaired) electrons. The summed E-state index contributed by atoms with van der Waals surface area (Å²) in [7, 11) is 3.99. The predicted octanol–water partition coefficient (Wildman–Crippen LogP) is 3.77. The van der Waals surface area contributed by atoms with Crippen LogP contribution in [0.3, 0.4) is 0 Å². The number of nitrogens with two attached hydrogens (primary N) is 1. The number of hydrogen-bond acceptors (Lipinski definition) is 3. The Hall–Kier alpha value is -2.04. The van der Waals surface area contributed by atoms with Gasteiger partial charge in [-0.25, -0.2) is 0 Å². The van der Waals surface area contributed by atoms with Crippen LogP contribution in [-0.4, -0.2) is 38.1 Å². The molecule has 0 unspecified atom stereocenters. The second kappa shape index (κ2) is 7.29. The van der Waals surface area contributed by atoms with Crippen molar-refractivity contribution in [2.45, 2.75) is 25.2 Å². The third kappa shape index (κ3) is 3.57. The summed E-state index contributed by atoms with van der Waals surface area (Å²) in [5.41, 5.74) is 9.09. The lowest BCUT2D eigenvalue weighted by Crippen LogP contribution is -2.21. The van der Waals surface area contributed by atoms with E-state index in [1.807, 2.05) is 45.3 Å². The average Bonchev–Trinajstić information content (AvgIpc) is 3.37. The quantitative estimate of drug-likeness (QED) is 0.804. The van der Waals surface area contributed by atoms with Crippen LogP contribution in [0.25, 0.3) is 0 Å². The Balaban J connectivity index is 2.04. The van der Waals surface area contributed by atoms with Crippen LogP contribution in [0.4, 0.5) is 0 Å². The molecule has 1 aliphatic rings. The molecule has 1 fully saturated rings. The largest absolute Gasteiger partial charge is 0.492 e. The highest BCUT2D eigenvalue weighted by molar-refractivity contribution is 6.31. The van der Waals surface area contributed by atoms with Crippen LogP contribution in [0.15, 0.2) is 36.4 Å². The second-order valence-corrected chi connectivity index (χ2v) is 7.63. The van der Waals surface area contributed by atoms with Crippen molar-refractivity contribution in [3.8, 4) is 5.75 Å². The van der Waals surface area contributed by atoms with Gasteiger partial charge in [0.2, 0.25) is 5.91 Å². The number of nitrogens with zero attached hydrogens (tertiary/aromatic N) is 1. The fraction of sp³-hybridized carbons (Fsp3) is 0.381. The Labute approximate surface area is 159 Å². The molecule has 2 aromatic rings. The van der Waals surface area contributed by atoms with Gasteiger partial charge >= 0.3 is 0 Å². The zero-order valence-corrected chi connectivity index (χ0v) is 16.3. The molecule has 138 valence electrons. The van der Waals surface area contributed by atoms with Gasteiger partial charge in [-0.1, -0.05) is 29.8 Å². The van der Waals surface area contributed by atoms with Gasteiger partial charge in [0, 0.05) is 22.5 Å². The first-order valence-corrected chi connectivity index (χ1v) is 9.20. The van der Waals surface area contributed by atoms with E-state index in [1.165, 1.54) is 0 Å². The zero-order valence-electron chi connectivity index (χ0n) is 15.5. The summed E-state index contributed by atoms with van der Waals surface area (Å²) in [5.74, 6) is 0.247. The SMILES string of the molecule is Cc1c(C(N)=O)cc(OCCN(C)C)cc1C1(c2ccccc2Cl)CC1. The van der Waals surface area contributed by atoms with Crippen LogP contribution >= 0.6 is 11.6 Å². The number of carbonyl (C=O) groups is 1. The predicted molar refractivity (Wildman–Crippen MR) is 105 cm³/mol. The van der Waals surface area contributed by atoms with Crippen molar-refractivity contribution < 1.29 is 9.53 Å². The van der Waals surface area contributed by atoms with Gasteiger partial charge in [0.15, 0.2) is 0 Å². The molecule has 1 saturated carbocycles. The molecule has 2 aromatic carbocycles. The van der Waals surface area contributed by atoms with Gasteiger partial charge in [0.1, 0.15) is 12.4 Å². The van der Waals surface area contributed by atoms with Crippen LogP contribution in [-0.2, 0) is 5.41 Å². The second-order valence-electron chi connectivity index (χ2n) is 7.22. The minimum absolute atomic E-state index is 0.159. The maximum Gasteiger partial charge on any atom is 0.249 e. The molecule has 0 spiro atoms. The lowest BCUT2D eigenvalue weighted by atomic mass is 9.83. The van der Waals surface area contributed by atoms with E-state index in [-0.39, 0.29) is 5.41 Å². The van der Waals surface area contributed by atoms with Crippen LogP contribution in [0.1, 0.15) is 39.9 Å². The van der Waals surface area contributed by atoms with E-state index >= 15 is 0 Å². The highest BCUT2D eigenvalue weighted by Crippen LogP contribution is 2.56. The summed E-state index contributed by atoms with van der Waals surface area (Å²) in [5, 5.41) is 0.754. The van der Waals surface area contributed by atoms with Crippen LogP contribution in [0, 0.1) is 6.92 Å². The van der Waals surface area contributed by atoms with Crippen molar-refractivity contribution in [2.75, 3.05) is 27.2 Å². The molecule has 4 nitrogen and oxygen atoms in total. The summed E-state index contributed by atoms with van der Waals surface area (Å²) < 4.78 is 5.91. The molecular weight excluding hydrogens is 348 g/mol. The number of likely N-dealkylation sites (N-methyl/N-ethyl adjacent to an activating group) is 1. The molecule has 0 aliphatic heterocycles. The first kappa shape index (κ1) is 18.7. The Morgan fingerprint density at radius 2 is 1.92 bits per heavy atom. The number of ether oxygens (including phenoxy) is 1. The van der Waals surface area contributed by atoms with Crippen molar-refractivity contribution in [1.82, 2.24) is 4.90 Å². The number of rotatable bonds is 7. The maximum absolute atomic E-state index is 12.0. The lowest BCUT2D eigenvalue weighted by Gasteiger charge is -2.23. The lowest BCUT2D eigenvalue weighted by molar-refractivity contribution is 0.0999. The third-order valence-corrected chi connectivity index (χ3v) is 5.44. The number of hydrogen-bond donors (Lipinski definition) is 1. The summed E-state index contributed by atoms with van der Waals surface area (Å²) in [4.78, 5) is 14.0. The summed E-state index contributed by atoms with van der Waals surface area (Å²) in [6, 6.07) is 11.7. The van der Waals surface area contributed by atoms with Crippen molar-refractivity contribution >= 4 is 17.5 Å². The van der Waals surface area contributed by atoms with E-state index in [0.717, 1.165) is 41.1 Å². The van der Waals surface area contributed by atoms with Crippen LogP contribution in [0.2, 0.25) is 5.02 Å². The Morgan fingerprint density at radius 3 is 2.50 bits per heavy atom. The number of amides is 1. The molecule has 0 bridgehead atoms. The fourth-order valence-electron chi connectivity index (χ4n) is 3.53. The molecule has 2 N–H and O–H groups in total. The van der Waals surface area contributed by atoms with Gasteiger partial charge in [-0.15, -0.1) is 0 Å². The van der Waals surface area contributed by atoms with Crippen molar-refractivity contribution in [3.63, 3.8) is 0 Å². The van der Waals surface area contributed by atoms with Gasteiger partial charge < -0.3 is 15.4 Å². The first-order valence-electron chi connectivity index (χ1n) is 8.82. The van der Waals surface area contributed by atoms with Gasteiger partial charge in [-0.3, -0.25) is 4.79 Å². The molecule has 0 saturated heterocycles. The summed E-state index contributed by atoms with van der Waals surface area (Å²) in [6.45, 7) is 3.30. The molecule has 0 aromatic heterocycles. The highest BCUT2D eigenvalue weighted by atomic mass is 35.5. The molecule has 1 aliphatic carbocycles. The van der Waals surface area contributed by atoms with Crippen LogP contribution in [0.5, 0.6) is 5.75 Å². The maximum atomic E-state index is 12.0. The Bertz CT molecular complexity index is 829. The topological polar surface area (TPSA) is 55.6 Å². The van der Waals surface area contributed by atoms with Crippen molar-refractivity contribution in [2.24, 2.45) is 5.73 Å². The third-order valence-electron chi connectivity index (χ3n) is 5.11. The zero-order chi connectivity index (χ0) is 18.9. The molecule has 0 heterocycles. The minimum Gasteiger partial charge on any atom is -0.492 e. The van der Waals surface area contributed by atoms with Gasteiger partial charge in [-0.2, -0.15) is 0 Å². The molecular formula is C21H25ClN2O2. The van der Waals surface area contributed by atoms with E-state index in [4.69, 9.17) is 22.1 Å². The monoisotopic (exact) mass is 372 g/mol. The normalized spacial score (nSPS) is 15.1. The molecule has 5 heteroatoms. The van der Waals surface area contributed by atoms with E-state index < -0.39 is 5.91 Å². The van der Waals surface area contributed by atoms with Crippen LogP contribution < -0.4 is 10.5 Å². The van der Waals surface area contributed by atoms with Gasteiger partial charge in [-0.05, 0) is 68.8 Å². The van der Waals surface area contributed by atoms with Crippen molar-refractivity contribution in [3.05, 3.63) is 63.7 Å². The molecule has 3 rings (SSSR count). The number of primary amides is 1. The highest BCUT2D eigenvalue weighted by Gasteiger charge is 2.48. The summed E-state index contributed by atoms with van der Waals surface area (Å²) in [6.07, 6.45) is 1.99. The van der Waals surface area contributed by atoms with Gasteiger partial charge in [0.25, 0.3) is 0 Å². The number of carbonyl (C=O) groups excluding carboxylic acids is 1.